The summed E-state index contributed by atoms with van der Waals surface area (Å²) < 4.78 is 32.9. The minimum Gasteiger partial charge on any atom is -0.444 e. The summed E-state index contributed by atoms with van der Waals surface area (Å²) in [6.45, 7) is 9.05. The summed E-state index contributed by atoms with van der Waals surface area (Å²) in [5, 5.41) is 0. The highest BCUT2D eigenvalue weighted by molar-refractivity contribution is 7.87. The number of carbonyl (C=O) groups excluding carboxylic acids is 1. The highest BCUT2D eigenvalue weighted by Crippen LogP contribution is 2.41. The first-order chi connectivity index (χ1) is 10.5. The molecule has 128 valence electrons. The maximum Gasteiger partial charge on any atom is 0.410 e. The summed E-state index contributed by atoms with van der Waals surface area (Å²) in [5.41, 5.74) is -0.647. The van der Waals surface area contributed by atoms with Crippen LogP contribution < -0.4 is 0 Å². The van der Waals surface area contributed by atoms with Gasteiger partial charge in [0.2, 0.25) is 0 Å². The van der Waals surface area contributed by atoms with Crippen LogP contribution in [0.2, 0.25) is 0 Å². The van der Waals surface area contributed by atoms with Gasteiger partial charge in [0.1, 0.15) is 11.4 Å². The van der Waals surface area contributed by atoms with Crippen LogP contribution in [0.25, 0.3) is 0 Å². The van der Waals surface area contributed by atoms with Crippen molar-refractivity contribution in [3.05, 3.63) is 18.2 Å². The molecule has 0 saturated carbocycles. The second-order valence-corrected chi connectivity index (χ2v) is 9.19. The van der Waals surface area contributed by atoms with Crippen LogP contribution in [-0.4, -0.2) is 64.5 Å². The number of hydrogen-bond acceptors (Lipinski definition) is 5. The van der Waals surface area contributed by atoms with Gasteiger partial charge in [-0.2, -0.15) is 12.7 Å². The van der Waals surface area contributed by atoms with Crippen LogP contribution in [0.3, 0.4) is 0 Å². The summed E-state index contributed by atoms with van der Waals surface area (Å²) in [5.74, 6) is 0.440. The van der Waals surface area contributed by atoms with Crippen LogP contribution in [0.15, 0.2) is 12.4 Å². The van der Waals surface area contributed by atoms with E-state index in [1.807, 2.05) is 20.8 Å². The summed E-state index contributed by atoms with van der Waals surface area (Å²) in [4.78, 5) is 17.5. The zero-order chi connectivity index (χ0) is 17.0. The molecule has 0 aliphatic carbocycles. The molecule has 23 heavy (non-hydrogen) atoms. The molecule has 0 unspecified atom stereocenters. The fourth-order valence-corrected chi connectivity index (χ4v) is 4.73. The topological polar surface area (TPSA) is 84.7 Å². The van der Waals surface area contributed by atoms with E-state index in [1.165, 1.54) is 20.7 Å². The van der Waals surface area contributed by atoms with Crippen LogP contribution in [0, 0.1) is 12.3 Å². The Kier molecular flexibility index (Phi) is 3.49. The molecular weight excluding hydrogens is 320 g/mol. The Morgan fingerprint density at radius 2 is 1.87 bits per heavy atom. The van der Waals surface area contributed by atoms with E-state index < -0.39 is 15.8 Å². The molecule has 0 bridgehead atoms. The average Bonchev–Trinajstić information content (AvgIpc) is 2.69. The van der Waals surface area contributed by atoms with Gasteiger partial charge in [0, 0.05) is 44.0 Å². The molecule has 1 aromatic rings. The van der Waals surface area contributed by atoms with Gasteiger partial charge in [-0.3, -0.25) is 0 Å². The van der Waals surface area contributed by atoms with Crippen molar-refractivity contribution in [3.63, 3.8) is 0 Å². The molecule has 3 rings (SSSR count). The maximum absolute atomic E-state index is 12.5. The Hall–Kier alpha value is -1.61. The number of imidazole rings is 1. The van der Waals surface area contributed by atoms with Crippen molar-refractivity contribution in [2.75, 3.05) is 26.2 Å². The lowest BCUT2D eigenvalue weighted by Crippen LogP contribution is -2.74. The van der Waals surface area contributed by atoms with E-state index in [1.54, 1.807) is 11.8 Å². The Labute approximate surface area is 136 Å². The van der Waals surface area contributed by atoms with Crippen molar-refractivity contribution in [1.82, 2.24) is 18.2 Å². The molecule has 1 amide bonds. The quantitative estimate of drug-likeness (QED) is 0.795. The third-order valence-corrected chi connectivity index (χ3v) is 5.88. The molecule has 2 fully saturated rings. The van der Waals surface area contributed by atoms with Crippen LogP contribution in [0.4, 0.5) is 4.79 Å². The van der Waals surface area contributed by atoms with Gasteiger partial charge in [-0.1, -0.05) is 0 Å². The number of nitrogens with zero attached hydrogens (tertiary/aromatic N) is 4. The number of ether oxygens (including phenoxy) is 1. The van der Waals surface area contributed by atoms with Gasteiger partial charge in [0.15, 0.2) is 0 Å². The zero-order valence-corrected chi connectivity index (χ0v) is 14.6. The number of likely N-dealkylation sites (tertiary alicyclic amines) is 1. The van der Waals surface area contributed by atoms with Gasteiger partial charge in [-0.25, -0.2) is 13.8 Å². The van der Waals surface area contributed by atoms with Gasteiger partial charge < -0.3 is 9.64 Å². The predicted octanol–water partition coefficient (Wildman–Crippen LogP) is 0.837. The molecule has 2 aliphatic rings. The second-order valence-electron chi connectivity index (χ2n) is 7.38. The largest absolute Gasteiger partial charge is 0.444 e. The van der Waals surface area contributed by atoms with Gasteiger partial charge in [-0.05, 0) is 27.7 Å². The average molecular weight is 342 g/mol. The van der Waals surface area contributed by atoms with Crippen molar-refractivity contribution in [1.29, 1.82) is 0 Å². The fourth-order valence-electron chi connectivity index (χ4n) is 3.02. The molecule has 2 aliphatic heterocycles. The molecular formula is C14H22N4O4S. The summed E-state index contributed by atoms with van der Waals surface area (Å²) >= 11 is 0. The minimum atomic E-state index is -3.55. The van der Waals surface area contributed by atoms with E-state index in [9.17, 15) is 13.2 Å². The van der Waals surface area contributed by atoms with E-state index in [2.05, 4.69) is 4.98 Å². The third-order valence-electron chi connectivity index (χ3n) is 4.08. The number of carbonyl (C=O) groups is 1. The van der Waals surface area contributed by atoms with E-state index >= 15 is 0 Å². The first-order valence-electron chi connectivity index (χ1n) is 7.51. The SMILES string of the molecule is Cc1nccn1S(=O)(=O)N1CC2(CN(C(=O)OC(C)(C)C)C2)C1. The lowest BCUT2D eigenvalue weighted by Gasteiger charge is -2.58. The lowest BCUT2D eigenvalue weighted by molar-refractivity contribution is -0.0842. The van der Waals surface area contributed by atoms with Crippen molar-refractivity contribution in [3.8, 4) is 0 Å². The third kappa shape index (κ3) is 2.83. The monoisotopic (exact) mass is 342 g/mol. The minimum absolute atomic E-state index is 0.127. The number of amides is 1. The first-order valence-corrected chi connectivity index (χ1v) is 8.91. The Balaban J connectivity index is 1.57. The molecule has 1 spiro atoms. The fraction of sp³-hybridized carbons (Fsp3) is 0.714. The molecule has 0 N–H and O–H groups in total. The zero-order valence-electron chi connectivity index (χ0n) is 13.8. The standard InChI is InChI=1S/C14H22N4O4S/c1-11-15-5-6-18(11)23(20,21)17-9-14(10-17)7-16(8-14)12(19)22-13(2,3)4/h5-6H,7-10H2,1-4H3. The number of hydrogen-bond donors (Lipinski definition) is 0. The smallest absolute Gasteiger partial charge is 0.410 e. The normalized spacial score (nSPS) is 21.0. The van der Waals surface area contributed by atoms with E-state index in [4.69, 9.17) is 4.74 Å². The van der Waals surface area contributed by atoms with Gasteiger partial charge in [-0.15, -0.1) is 0 Å². The van der Waals surface area contributed by atoms with Crippen molar-refractivity contribution >= 4 is 16.3 Å². The van der Waals surface area contributed by atoms with E-state index in [0.717, 1.165) is 0 Å². The number of aryl methyl sites for hydroxylation is 1. The van der Waals surface area contributed by atoms with Gasteiger partial charge in [0.25, 0.3) is 0 Å². The highest BCUT2D eigenvalue weighted by atomic mass is 32.2. The van der Waals surface area contributed by atoms with Crippen LogP contribution >= 0.6 is 0 Å². The molecule has 9 heteroatoms. The molecule has 0 aromatic carbocycles. The van der Waals surface area contributed by atoms with E-state index in [-0.39, 0.29) is 11.5 Å². The van der Waals surface area contributed by atoms with Gasteiger partial charge in [0.05, 0.1) is 0 Å². The molecule has 0 atom stereocenters. The predicted molar refractivity (Wildman–Crippen MR) is 83.1 cm³/mol. The van der Waals surface area contributed by atoms with E-state index in [0.29, 0.717) is 32.0 Å². The Bertz CT molecular complexity index is 720. The lowest BCUT2D eigenvalue weighted by atomic mass is 9.75. The van der Waals surface area contributed by atoms with Crippen LogP contribution in [-0.2, 0) is 14.9 Å². The van der Waals surface area contributed by atoms with Gasteiger partial charge >= 0.3 is 16.3 Å². The molecule has 1 aromatic heterocycles. The molecule has 3 heterocycles. The molecule has 8 nitrogen and oxygen atoms in total. The first kappa shape index (κ1) is 16.3. The summed E-state index contributed by atoms with van der Waals surface area (Å²) in [6, 6.07) is 0. The second kappa shape index (κ2) is 4.94. The number of aromatic nitrogens is 2. The maximum atomic E-state index is 12.5. The highest BCUT2D eigenvalue weighted by Gasteiger charge is 2.57. The van der Waals surface area contributed by atoms with Crippen molar-refractivity contribution in [2.24, 2.45) is 5.41 Å². The summed E-state index contributed by atoms with van der Waals surface area (Å²) in [6.07, 6.45) is 2.58. The number of rotatable bonds is 2. The Morgan fingerprint density at radius 3 is 2.35 bits per heavy atom. The van der Waals surface area contributed by atoms with Crippen molar-refractivity contribution < 1.29 is 17.9 Å². The summed E-state index contributed by atoms with van der Waals surface area (Å²) in [7, 11) is -3.55. The van der Waals surface area contributed by atoms with Crippen LogP contribution in [0.5, 0.6) is 0 Å². The molecule has 0 radical (unpaired) electrons. The Morgan fingerprint density at radius 1 is 1.26 bits per heavy atom. The van der Waals surface area contributed by atoms with Crippen molar-refractivity contribution in [2.45, 2.75) is 33.3 Å². The van der Waals surface area contributed by atoms with Crippen LogP contribution in [0.1, 0.15) is 26.6 Å². The molecule has 2 saturated heterocycles.